The minimum atomic E-state index is -0.398. The molecular formula is C21H21N3O5. The third-order valence-corrected chi connectivity index (χ3v) is 4.34. The van der Waals surface area contributed by atoms with Crippen LogP contribution in [0.4, 0.5) is 17.1 Å². The number of carbonyl (C=O) groups is 4. The van der Waals surface area contributed by atoms with E-state index in [0.717, 1.165) is 0 Å². The molecular weight excluding hydrogens is 374 g/mol. The molecule has 0 unspecified atom stereocenters. The van der Waals surface area contributed by atoms with Crippen molar-refractivity contribution in [3.05, 3.63) is 48.0 Å². The largest absolute Gasteiger partial charge is 0.482 e. The predicted octanol–water partition coefficient (Wildman–Crippen LogP) is 2.60. The topological polar surface area (TPSA) is 105 Å². The van der Waals surface area contributed by atoms with Crippen LogP contribution in [-0.4, -0.2) is 36.7 Å². The van der Waals surface area contributed by atoms with Gasteiger partial charge in [0.2, 0.25) is 11.8 Å². The SMILES string of the molecule is CCC(=O)c1ccc2c(c1)N(CC(=O)Nc1ccc(NC(C)=O)cc1)C(=O)CO2. The van der Waals surface area contributed by atoms with Gasteiger partial charge in [-0.2, -0.15) is 0 Å². The number of fused-ring (bicyclic) bond motifs is 1. The molecule has 150 valence electrons. The molecule has 0 aliphatic carbocycles. The number of nitrogens with zero attached hydrogens (tertiary/aromatic N) is 1. The zero-order valence-electron chi connectivity index (χ0n) is 16.2. The van der Waals surface area contributed by atoms with Gasteiger partial charge in [0.15, 0.2) is 12.4 Å². The molecule has 0 atom stereocenters. The van der Waals surface area contributed by atoms with Gasteiger partial charge in [0.25, 0.3) is 5.91 Å². The van der Waals surface area contributed by atoms with Gasteiger partial charge in [-0.3, -0.25) is 24.1 Å². The first kappa shape index (κ1) is 20.1. The van der Waals surface area contributed by atoms with Gasteiger partial charge in [-0.25, -0.2) is 0 Å². The van der Waals surface area contributed by atoms with E-state index in [0.29, 0.717) is 34.8 Å². The summed E-state index contributed by atoms with van der Waals surface area (Å²) < 4.78 is 5.41. The first-order valence-electron chi connectivity index (χ1n) is 9.15. The molecule has 0 radical (unpaired) electrons. The summed E-state index contributed by atoms with van der Waals surface area (Å²) in [5.41, 5.74) is 2.00. The Morgan fingerprint density at radius 3 is 2.31 bits per heavy atom. The van der Waals surface area contributed by atoms with Crippen LogP contribution in [0.25, 0.3) is 0 Å². The number of benzene rings is 2. The molecule has 1 aliphatic rings. The van der Waals surface area contributed by atoms with E-state index in [4.69, 9.17) is 4.74 Å². The number of hydrogen-bond donors (Lipinski definition) is 2. The number of ketones is 1. The highest BCUT2D eigenvalue weighted by atomic mass is 16.5. The zero-order chi connectivity index (χ0) is 21.0. The Bertz CT molecular complexity index is 969. The number of Topliss-reactive ketones (excluding diaryl/α,β-unsaturated/α-hetero) is 1. The van der Waals surface area contributed by atoms with E-state index >= 15 is 0 Å². The lowest BCUT2D eigenvalue weighted by molar-refractivity contribution is -0.123. The third-order valence-electron chi connectivity index (χ3n) is 4.34. The van der Waals surface area contributed by atoms with Crippen LogP contribution in [-0.2, 0) is 14.4 Å². The highest BCUT2D eigenvalue weighted by Gasteiger charge is 2.28. The van der Waals surface area contributed by atoms with E-state index in [9.17, 15) is 19.2 Å². The number of ether oxygens (including phenoxy) is 1. The Kier molecular flexibility index (Phi) is 5.92. The molecule has 8 nitrogen and oxygen atoms in total. The Balaban J connectivity index is 1.74. The Labute approximate surface area is 167 Å². The number of anilines is 3. The number of carbonyl (C=O) groups excluding carboxylic acids is 4. The van der Waals surface area contributed by atoms with Gasteiger partial charge in [-0.1, -0.05) is 6.92 Å². The molecule has 2 N–H and O–H groups in total. The fraction of sp³-hybridized carbons (Fsp3) is 0.238. The minimum absolute atomic E-state index is 0.0607. The average molecular weight is 395 g/mol. The molecule has 0 saturated carbocycles. The van der Waals surface area contributed by atoms with E-state index in [2.05, 4.69) is 10.6 Å². The number of hydrogen-bond acceptors (Lipinski definition) is 5. The van der Waals surface area contributed by atoms with Crippen molar-refractivity contribution >= 4 is 40.6 Å². The fourth-order valence-corrected chi connectivity index (χ4v) is 2.94. The molecule has 2 aromatic rings. The Morgan fingerprint density at radius 1 is 1.03 bits per heavy atom. The Morgan fingerprint density at radius 2 is 1.69 bits per heavy atom. The molecule has 1 heterocycles. The quantitative estimate of drug-likeness (QED) is 0.732. The molecule has 0 bridgehead atoms. The summed E-state index contributed by atoms with van der Waals surface area (Å²) in [6, 6.07) is 11.5. The summed E-state index contributed by atoms with van der Waals surface area (Å²) in [5.74, 6) is -0.563. The van der Waals surface area contributed by atoms with Crippen molar-refractivity contribution in [3.8, 4) is 5.75 Å². The van der Waals surface area contributed by atoms with E-state index in [1.54, 1.807) is 49.4 Å². The van der Waals surface area contributed by atoms with Gasteiger partial charge < -0.3 is 15.4 Å². The van der Waals surface area contributed by atoms with Crippen molar-refractivity contribution in [2.45, 2.75) is 20.3 Å². The first-order valence-corrected chi connectivity index (χ1v) is 9.15. The second-order valence-corrected chi connectivity index (χ2v) is 6.53. The summed E-state index contributed by atoms with van der Waals surface area (Å²) in [6.45, 7) is 2.78. The highest BCUT2D eigenvalue weighted by Crippen LogP contribution is 2.33. The second-order valence-electron chi connectivity index (χ2n) is 6.53. The zero-order valence-corrected chi connectivity index (χ0v) is 16.2. The second kappa shape index (κ2) is 8.55. The minimum Gasteiger partial charge on any atom is -0.482 e. The lowest BCUT2D eigenvalue weighted by Crippen LogP contribution is -2.43. The molecule has 0 spiro atoms. The van der Waals surface area contributed by atoms with E-state index < -0.39 is 5.91 Å². The van der Waals surface area contributed by atoms with Gasteiger partial charge in [0.05, 0.1) is 5.69 Å². The lowest BCUT2D eigenvalue weighted by atomic mass is 10.1. The molecule has 2 aromatic carbocycles. The molecule has 3 rings (SSSR count). The maximum Gasteiger partial charge on any atom is 0.265 e. The van der Waals surface area contributed by atoms with Crippen LogP contribution in [0.5, 0.6) is 5.75 Å². The van der Waals surface area contributed by atoms with E-state index in [-0.39, 0.29) is 30.7 Å². The molecule has 0 saturated heterocycles. The van der Waals surface area contributed by atoms with Gasteiger partial charge in [0.1, 0.15) is 12.3 Å². The molecule has 1 aliphatic heterocycles. The molecule has 3 amide bonds. The molecule has 0 fully saturated rings. The normalized spacial score (nSPS) is 12.6. The van der Waals surface area contributed by atoms with Crippen LogP contribution < -0.4 is 20.3 Å². The molecule has 0 aromatic heterocycles. The summed E-state index contributed by atoms with van der Waals surface area (Å²) in [7, 11) is 0. The van der Waals surface area contributed by atoms with Crippen molar-refractivity contribution in [2.24, 2.45) is 0 Å². The summed E-state index contributed by atoms with van der Waals surface area (Å²) in [6.07, 6.45) is 0.336. The van der Waals surface area contributed by atoms with Crippen molar-refractivity contribution in [3.63, 3.8) is 0 Å². The van der Waals surface area contributed by atoms with Crippen LogP contribution in [0.2, 0.25) is 0 Å². The number of nitrogens with one attached hydrogen (secondary N) is 2. The van der Waals surface area contributed by atoms with Gasteiger partial charge >= 0.3 is 0 Å². The van der Waals surface area contributed by atoms with Crippen molar-refractivity contribution < 1.29 is 23.9 Å². The molecule has 8 heteroatoms. The van der Waals surface area contributed by atoms with Crippen LogP contribution in [0, 0.1) is 0 Å². The van der Waals surface area contributed by atoms with Crippen LogP contribution in [0.15, 0.2) is 42.5 Å². The fourth-order valence-electron chi connectivity index (χ4n) is 2.94. The van der Waals surface area contributed by atoms with Gasteiger partial charge in [-0.05, 0) is 42.5 Å². The molecule has 29 heavy (non-hydrogen) atoms. The van der Waals surface area contributed by atoms with Crippen LogP contribution >= 0.6 is 0 Å². The lowest BCUT2D eigenvalue weighted by Gasteiger charge is -2.29. The maximum atomic E-state index is 12.5. The van der Waals surface area contributed by atoms with Crippen LogP contribution in [0.3, 0.4) is 0 Å². The first-order chi connectivity index (χ1) is 13.9. The predicted molar refractivity (Wildman–Crippen MR) is 108 cm³/mol. The summed E-state index contributed by atoms with van der Waals surface area (Å²) in [5, 5.41) is 5.36. The van der Waals surface area contributed by atoms with Crippen molar-refractivity contribution in [1.29, 1.82) is 0 Å². The van der Waals surface area contributed by atoms with Crippen molar-refractivity contribution in [2.75, 3.05) is 28.7 Å². The number of rotatable bonds is 6. The smallest absolute Gasteiger partial charge is 0.265 e. The highest BCUT2D eigenvalue weighted by molar-refractivity contribution is 6.06. The van der Waals surface area contributed by atoms with E-state index in [1.807, 2.05) is 0 Å². The van der Waals surface area contributed by atoms with E-state index in [1.165, 1.54) is 11.8 Å². The standard InChI is InChI=1S/C21H21N3O5/c1-3-18(26)14-4-9-19-17(10-14)24(21(28)12-29-19)11-20(27)23-16-7-5-15(6-8-16)22-13(2)25/h4-10H,3,11-12H2,1-2H3,(H,22,25)(H,23,27). The third kappa shape index (κ3) is 4.78. The van der Waals surface area contributed by atoms with Gasteiger partial charge in [0, 0.05) is 30.3 Å². The van der Waals surface area contributed by atoms with Crippen LogP contribution in [0.1, 0.15) is 30.6 Å². The Hall–Kier alpha value is -3.68. The number of amides is 3. The summed E-state index contributed by atoms with van der Waals surface area (Å²) in [4.78, 5) is 49.2. The maximum absolute atomic E-state index is 12.5. The van der Waals surface area contributed by atoms with Gasteiger partial charge in [-0.15, -0.1) is 0 Å². The average Bonchev–Trinajstić information content (AvgIpc) is 2.70. The van der Waals surface area contributed by atoms with Crippen molar-refractivity contribution in [1.82, 2.24) is 0 Å². The monoisotopic (exact) mass is 395 g/mol. The summed E-state index contributed by atoms with van der Waals surface area (Å²) >= 11 is 0.